The molecule has 0 spiro atoms. The summed E-state index contributed by atoms with van der Waals surface area (Å²) >= 11 is 0. The lowest BCUT2D eigenvalue weighted by molar-refractivity contribution is -0.0256. The minimum absolute atomic E-state index is 0.0518. The first kappa shape index (κ1) is 28.9. The zero-order valence-electron chi connectivity index (χ0n) is 19.1. The summed E-state index contributed by atoms with van der Waals surface area (Å²) < 4.78 is 53.1. The number of benzene rings is 1. The predicted molar refractivity (Wildman–Crippen MR) is 128 cm³/mol. The van der Waals surface area contributed by atoms with Gasteiger partial charge < -0.3 is 44.8 Å². The number of rotatable bonds is 10. The highest BCUT2D eigenvalue weighted by Gasteiger charge is 2.46. The van der Waals surface area contributed by atoms with Gasteiger partial charge in [0.25, 0.3) is 0 Å². The molecule has 3 unspecified atom stereocenters. The number of fused-ring (bicyclic) bond motifs is 1. The van der Waals surface area contributed by atoms with E-state index in [-0.39, 0.29) is 12.4 Å². The largest absolute Gasteiger partial charge is 0.490 e. The SMILES string of the molecule is Nc1ncnc2c1c(-c1ccccc1)cn2C[C@@H]1O[C@H](COP(=O)(O)OP(=O)(O)OP(=O)(O)O)C(O)[C@@H]1O. The first-order valence-corrected chi connectivity index (χ1v) is 15.1. The topological polar surface area (TPSA) is 266 Å². The van der Waals surface area contributed by atoms with Crippen LogP contribution in [0.1, 0.15) is 0 Å². The Labute approximate surface area is 213 Å². The maximum Gasteiger partial charge on any atom is 0.490 e. The Bertz CT molecular complexity index is 1450. The van der Waals surface area contributed by atoms with Crippen LogP contribution < -0.4 is 5.73 Å². The Hall–Kier alpha value is -2.07. The van der Waals surface area contributed by atoms with Crippen molar-refractivity contribution >= 4 is 40.3 Å². The minimum Gasteiger partial charge on any atom is -0.388 e. The van der Waals surface area contributed by atoms with Gasteiger partial charge in [0.05, 0.1) is 18.5 Å². The second kappa shape index (κ2) is 10.8. The Morgan fingerprint density at radius 2 is 1.61 bits per heavy atom. The van der Waals surface area contributed by atoms with Crippen LogP contribution in [0, 0.1) is 0 Å². The summed E-state index contributed by atoms with van der Waals surface area (Å²) in [5, 5.41) is 21.5. The Balaban J connectivity index is 1.48. The molecule has 1 saturated heterocycles. The highest BCUT2D eigenvalue weighted by atomic mass is 31.3. The summed E-state index contributed by atoms with van der Waals surface area (Å²) in [5.41, 5.74) is 8.03. The highest BCUT2D eigenvalue weighted by molar-refractivity contribution is 7.66. The number of hydrogen-bond donors (Lipinski definition) is 7. The number of nitrogens with two attached hydrogens (primary N) is 1. The van der Waals surface area contributed by atoms with Gasteiger partial charge in [0.1, 0.15) is 42.2 Å². The number of anilines is 1. The zero-order valence-corrected chi connectivity index (χ0v) is 21.7. The van der Waals surface area contributed by atoms with Gasteiger partial charge in [-0.3, -0.25) is 4.52 Å². The van der Waals surface area contributed by atoms with Crippen LogP contribution in [0.5, 0.6) is 0 Å². The van der Waals surface area contributed by atoms with Crippen LogP contribution in [0.3, 0.4) is 0 Å². The third-order valence-corrected chi connectivity index (χ3v) is 9.23. The van der Waals surface area contributed by atoms with Gasteiger partial charge in [-0.1, -0.05) is 30.3 Å². The number of ether oxygens (including phenoxy) is 1. The van der Waals surface area contributed by atoms with Gasteiger partial charge in [0.2, 0.25) is 0 Å². The standard InChI is InChI=1S/C18H23N4O13P3/c19-17-14-11(10-4-2-1-3-5-10)6-22(18(14)21-9-20-17)7-12-15(23)16(24)13(33-12)8-32-37(28,29)35-38(30,31)34-36(25,26)27/h1-6,9,12-13,15-16,23-24H,7-8H2,(H,28,29)(H,30,31)(H2,19,20,21)(H2,25,26,27)/t12-,13+,15+,16?/m0/s1. The average Bonchev–Trinajstić information content (AvgIpc) is 3.30. The number of phosphoric acid groups is 3. The average molecular weight is 596 g/mol. The van der Waals surface area contributed by atoms with Crippen LogP contribution in [-0.4, -0.2) is 75.3 Å². The summed E-state index contributed by atoms with van der Waals surface area (Å²) in [6.07, 6.45) is -2.63. The quantitative estimate of drug-likeness (QED) is 0.157. The maximum absolute atomic E-state index is 12.0. The molecule has 1 aliphatic rings. The fourth-order valence-electron chi connectivity index (χ4n) is 3.90. The molecular formula is C18H23N4O13P3. The van der Waals surface area contributed by atoms with Crippen molar-refractivity contribution < 1.29 is 61.4 Å². The zero-order chi connectivity index (χ0) is 27.9. The van der Waals surface area contributed by atoms with E-state index in [2.05, 4.69) is 23.1 Å². The number of aromatic nitrogens is 3. The molecular weight excluding hydrogens is 573 g/mol. The molecule has 4 rings (SSSR count). The van der Waals surface area contributed by atoms with Crippen molar-refractivity contribution in [2.45, 2.75) is 31.0 Å². The lowest BCUT2D eigenvalue weighted by Gasteiger charge is -2.19. The molecule has 1 aliphatic heterocycles. The number of hydrogen-bond acceptors (Lipinski definition) is 12. The lowest BCUT2D eigenvalue weighted by atomic mass is 10.1. The molecule has 0 amide bonds. The molecule has 0 radical (unpaired) electrons. The normalized spacial score (nSPS) is 25.3. The van der Waals surface area contributed by atoms with Crippen LogP contribution in [-0.2, 0) is 38.1 Å². The molecule has 20 heteroatoms. The third kappa shape index (κ3) is 6.73. The number of aliphatic hydroxyl groups is 2. The molecule has 1 aromatic carbocycles. The van der Waals surface area contributed by atoms with Crippen LogP contribution >= 0.6 is 23.5 Å². The van der Waals surface area contributed by atoms with E-state index in [9.17, 15) is 33.7 Å². The molecule has 0 bridgehead atoms. The second-order valence-corrected chi connectivity index (χ2v) is 12.5. The first-order valence-electron chi connectivity index (χ1n) is 10.6. The van der Waals surface area contributed by atoms with E-state index in [1.54, 1.807) is 10.8 Å². The van der Waals surface area contributed by atoms with E-state index < -0.39 is 54.5 Å². The molecule has 1 fully saturated rings. The molecule has 2 aromatic heterocycles. The molecule has 3 aromatic rings. The number of phosphoric ester groups is 1. The predicted octanol–water partition coefficient (Wildman–Crippen LogP) is 0.513. The van der Waals surface area contributed by atoms with Crippen molar-refractivity contribution in [2.75, 3.05) is 12.3 Å². The molecule has 8 N–H and O–H groups in total. The summed E-state index contributed by atoms with van der Waals surface area (Å²) in [5.74, 6) is 0.217. The summed E-state index contributed by atoms with van der Waals surface area (Å²) in [4.78, 5) is 44.3. The van der Waals surface area contributed by atoms with Gasteiger partial charge in [-0.2, -0.15) is 8.62 Å². The van der Waals surface area contributed by atoms with Crippen molar-refractivity contribution in [3.63, 3.8) is 0 Å². The molecule has 0 aliphatic carbocycles. The van der Waals surface area contributed by atoms with Crippen molar-refractivity contribution in [2.24, 2.45) is 0 Å². The van der Waals surface area contributed by atoms with Crippen molar-refractivity contribution in [3.05, 3.63) is 42.9 Å². The van der Waals surface area contributed by atoms with Gasteiger partial charge in [-0.05, 0) is 5.56 Å². The minimum atomic E-state index is -5.71. The van der Waals surface area contributed by atoms with Gasteiger partial charge in [0, 0.05) is 11.8 Å². The van der Waals surface area contributed by atoms with E-state index >= 15 is 0 Å². The smallest absolute Gasteiger partial charge is 0.388 e. The van der Waals surface area contributed by atoms with Gasteiger partial charge >= 0.3 is 23.5 Å². The van der Waals surface area contributed by atoms with Crippen LogP contribution in [0.25, 0.3) is 22.2 Å². The molecule has 38 heavy (non-hydrogen) atoms. The van der Waals surface area contributed by atoms with E-state index in [0.29, 0.717) is 16.6 Å². The van der Waals surface area contributed by atoms with E-state index in [4.69, 9.17) is 20.3 Å². The van der Waals surface area contributed by atoms with E-state index in [1.807, 2.05) is 30.3 Å². The molecule has 208 valence electrons. The summed E-state index contributed by atoms with van der Waals surface area (Å²) in [6.45, 7) is -0.973. The summed E-state index contributed by atoms with van der Waals surface area (Å²) in [6, 6.07) is 9.22. The van der Waals surface area contributed by atoms with Gasteiger partial charge in [-0.25, -0.2) is 23.7 Å². The Morgan fingerprint density at radius 3 is 2.26 bits per heavy atom. The van der Waals surface area contributed by atoms with Gasteiger partial charge in [-0.15, -0.1) is 0 Å². The fraction of sp³-hybridized carbons (Fsp3) is 0.333. The van der Waals surface area contributed by atoms with Gasteiger partial charge in [0.15, 0.2) is 0 Å². The molecule has 6 atom stereocenters. The number of nitrogens with zero attached hydrogens (tertiary/aromatic N) is 3. The fourth-order valence-corrected chi connectivity index (χ4v) is 6.93. The maximum atomic E-state index is 12.0. The van der Waals surface area contributed by atoms with Crippen LogP contribution in [0.2, 0.25) is 0 Å². The number of aliphatic hydroxyl groups excluding tert-OH is 2. The van der Waals surface area contributed by atoms with Crippen LogP contribution in [0.15, 0.2) is 42.9 Å². The number of nitrogen functional groups attached to an aromatic ring is 1. The summed E-state index contributed by atoms with van der Waals surface area (Å²) in [7, 11) is -16.7. The monoisotopic (exact) mass is 596 g/mol. The van der Waals surface area contributed by atoms with Crippen molar-refractivity contribution in [3.8, 4) is 11.1 Å². The molecule has 0 saturated carbocycles. The van der Waals surface area contributed by atoms with E-state index in [1.165, 1.54) is 6.33 Å². The van der Waals surface area contributed by atoms with Crippen molar-refractivity contribution in [1.82, 2.24) is 14.5 Å². The Morgan fingerprint density at radius 1 is 0.947 bits per heavy atom. The van der Waals surface area contributed by atoms with Crippen LogP contribution in [0.4, 0.5) is 5.82 Å². The third-order valence-electron chi connectivity index (χ3n) is 5.42. The molecule has 17 nitrogen and oxygen atoms in total. The van der Waals surface area contributed by atoms with E-state index in [0.717, 1.165) is 5.56 Å². The Kier molecular flexibility index (Phi) is 8.25. The highest BCUT2D eigenvalue weighted by Crippen LogP contribution is 2.66. The first-order chi connectivity index (χ1) is 17.7. The second-order valence-electron chi connectivity index (χ2n) is 8.10. The lowest BCUT2D eigenvalue weighted by Crippen LogP contribution is -2.35. The van der Waals surface area contributed by atoms with Crippen molar-refractivity contribution in [1.29, 1.82) is 0 Å². The molecule has 3 heterocycles.